The normalized spacial score (nSPS) is 11.9. The van der Waals surface area contributed by atoms with Crippen LogP contribution in [0.25, 0.3) is 11.1 Å². The van der Waals surface area contributed by atoms with Crippen molar-refractivity contribution in [2.24, 2.45) is 0 Å². The molecule has 0 aromatic heterocycles. The van der Waals surface area contributed by atoms with E-state index < -0.39 is 0 Å². The molecule has 2 N–H and O–H groups in total. The molecule has 116 valence electrons. The quantitative estimate of drug-likeness (QED) is 0.825. The lowest BCUT2D eigenvalue weighted by Gasteiger charge is -2.16. The molecule has 1 amide bonds. The molecule has 2 rings (SSSR count). The third kappa shape index (κ3) is 4.61. The molecule has 0 aliphatic heterocycles. The van der Waals surface area contributed by atoms with Crippen LogP contribution in [0.5, 0.6) is 0 Å². The zero-order valence-corrected chi connectivity index (χ0v) is 13.5. The number of aliphatic hydroxyl groups is 1. The second kappa shape index (κ2) is 8.61. The fourth-order valence-electron chi connectivity index (χ4n) is 2.27. The van der Waals surface area contributed by atoms with Crippen molar-refractivity contribution in [1.29, 1.82) is 0 Å². The minimum atomic E-state index is -0.0906. The van der Waals surface area contributed by atoms with Crippen molar-refractivity contribution < 1.29 is 9.90 Å². The molecule has 0 saturated carbocycles. The highest BCUT2D eigenvalue weighted by molar-refractivity contribution is 7.98. The van der Waals surface area contributed by atoms with Gasteiger partial charge < -0.3 is 10.4 Å². The topological polar surface area (TPSA) is 49.3 Å². The average molecular weight is 315 g/mol. The van der Waals surface area contributed by atoms with Crippen LogP contribution >= 0.6 is 11.8 Å². The van der Waals surface area contributed by atoms with Crippen LogP contribution in [0.4, 0.5) is 0 Å². The molecule has 0 fully saturated rings. The van der Waals surface area contributed by atoms with Crippen molar-refractivity contribution in [3.05, 3.63) is 60.2 Å². The first kappa shape index (κ1) is 16.6. The Morgan fingerprint density at radius 3 is 2.32 bits per heavy atom. The summed E-state index contributed by atoms with van der Waals surface area (Å²) in [6, 6.07) is 17.7. The lowest BCUT2D eigenvalue weighted by Crippen LogP contribution is -2.37. The molecule has 0 spiro atoms. The van der Waals surface area contributed by atoms with Crippen molar-refractivity contribution in [3.63, 3.8) is 0 Å². The maximum absolute atomic E-state index is 12.3. The zero-order chi connectivity index (χ0) is 15.8. The second-order valence-electron chi connectivity index (χ2n) is 5.08. The van der Waals surface area contributed by atoms with Crippen LogP contribution in [0.3, 0.4) is 0 Å². The van der Waals surface area contributed by atoms with Gasteiger partial charge in [-0.2, -0.15) is 11.8 Å². The van der Waals surface area contributed by atoms with Crippen molar-refractivity contribution in [1.82, 2.24) is 5.32 Å². The Hall–Kier alpha value is -1.78. The van der Waals surface area contributed by atoms with E-state index in [2.05, 4.69) is 5.32 Å². The molecule has 1 unspecified atom stereocenters. The van der Waals surface area contributed by atoms with E-state index in [1.807, 2.05) is 60.9 Å². The van der Waals surface area contributed by atoms with Crippen LogP contribution in [0, 0.1) is 0 Å². The second-order valence-corrected chi connectivity index (χ2v) is 5.99. The third-order valence-corrected chi connectivity index (χ3v) is 4.17. The molecule has 0 radical (unpaired) electrons. The molecule has 0 heterocycles. The summed E-state index contributed by atoms with van der Waals surface area (Å²) in [6.07, 6.45) is 2.57. The molecule has 22 heavy (non-hydrogen) atoms. The van der Waals surface area contributed by atoms with E-state index in [9.17, 15) is 4.79 Å². The Morgan fingerprint density at radius 2 is 1.73 bits per heavy atom. The summed E-state index contributed by atoms with van der Waals surface area (Å²) in [5.41, 5.74) is 2.87. The van der Waals surface area contributed by atoms with E-state index in [1.165, 1.54) is 0 Å². The van der Waals surface area contributed by atoms with Crippen molar-refractivity contribution in [2.75, 3.05) is 18.6 Å². The number of carbonyl (C=O) groups excluding carboxylic acids is 1. The van der Waals surface area contributed by atoms with Crippen LogP contribution in [-0.2, 0) is 0 Å². The number of rotatable bonds is 7. The Kier molecular flexibility index (Phi) is 6.49. The Morgan fingerprint density at radius 1 is 1.09 bits per heavy atom. The summed E-state index contributed by atoms with van der Waals surface area (Å²) in [7, 11) is 0. The van der Waals surface area contributed by atoms with Gasteiger partial charge >= 0.3 is 0 Å². The predicted octanol–water partition coefficient (Wildman–Crippen LogP) is 3.20. The zero-order valence-electron chi connectivity index (χ0n) is 12.7. The molecule has 0 saturated heterocycles. The summed E-state index contributed by atoms with van der Waals surface area (Å²) in [5.74, 6) is 0.709. The van der Waals surface area contributed by atoms with Gasteiger partial charge in [-0.15, -0.1) is 0 Å². The molecule has 0 bridgehead atoms. The van der Waals surface area contributed by atoms with E-state index in [4.69, 9.17) is 5.11 Å². The predicted molar refractivity (Wildman–Crippen MR) is 93.2 cm³/mol. The number of hydrogen-bond acceptors (Lipinski definition) is 3. The maximum atomic E-state index is 12.3. The van der Waals surface area contributed by atoms with Crippen LogP contribution in [-0.4, -0.2) is 35.7 Å². The number of benzene rings is 2. The summed E-state index contributed by atoms with van der Waals surface area (Å²) in [5, 5.41) is 12.0. The summed E-state index contributed by atoms with van der Waals surface area (Å²) < 4.78 is 0. The number of thioether (sulfide) groups is 1. The summed E-state index contributed by atoms with van der Waals surface area (Å²) >= 11 is 1.66. The van der Waals surface area contributed by atoms with Gasteiger partial charge in [0.05, 0.1) is 0 Å². The van der Waals surface area contributed by atoms with Crippen molar-refractivity contribution in [3.8, 4) is 11.1 Å². The minimum Gasteiger partial charge on any atom is -0.396 e. The van der Waals surface area contributed by atoms with Crippen molar-refractivity contribution >= 4 is 17.7 Å². The highest BCUT2D eigenvalue weighted by Gasteiger charge is 2.13. The van der Waals surface area contributed by atoms with Crippen LogP contribution in [0.2, 0.25) is 0 Å². The van der Waals surface area contributed by atoms with E-state index in [-0.39, 0.29) is 18.6 Å². The smallest absolute Gasteiger partial charge is 0.251 e. The molecule has 2 aromatic rings. The van der Waals surface area contributed by atoms with Crippen LogP contribution in [0.15, 0.2) is 54.6 Å². The highest BCUT2D eigenvalue weighted by atomic mass is 32.2. The first-order valence-electron chi connectivity index (χ1n) is 7.30. The maximum Gasteiger partial charge on any atom is 0.251 e. The van der Waals surface area contributed by atoms with E-state index in [0.717, 1.165) is 16.9 Å². The van der Waals surface area contributed by atoms with E-state index in [1.54, 1.807) is 11.8 Å². The van der Waals surface area contributed by atoms with Gasteiger partial charge in [-0.1, -0.05) is 42.5 Å². The number of aliphatic hydroxyl groups excluding tert-OH is 1. The first-order valence-corrected chi connectivity index (χ1v) is 8.70. The van der Waals surface area contributed by atoms with Gasteiger partial charge in [0.25, 0.3) is 5.91 Å². The standard InChI is InChI=1S/C18H21NO2S/c1-22-13-17(11-12-20)19-18(21)16-9-7-15(8-10-16)14-5-3-2-4-6-14/h2-10,17,20H,11-13H2,1H3,(H,19,21). The molecular formula is C18H21NO2S. The van der Waals surface area contributed by atoms with Gasteiger partial charge in [0.1, 0.15) is 0 Å². The number of hydrogen-bond donors (Lipinski definition) is 2. The van der Waals surface area contributed by atoms with E-state index in [0.29, 0.717) is 12.0 Å². The molecule has 4 heteroatoms. The van der Waals surface area contributed by atoms with Crippen LogP contribution < -0.4 is 5.32 Å². The molecule has 0 aliphatic rings. The van der Waals surface area contributed by atoms with Gasteiger partial charge in [0, 0.05) is 24.0 Å². The number of carbonyl (C=O) groups is 1. The average Bonchev–Trinajstić information content (AvgIpc) is 2.56. The van der Waals surface area contributed by atoms with Gasteiger partial charge in [-0.05, 0) is 35.9 Å². The Balaban J connectivity index is 2.04. The molecule has 3 nitrogen and oxygen atoms in total. The fraction of sp³-hybridized carbons (Fsp3) is 0.278. The SMILES string of the molecule is CSCC(CCO)NC(=O)c1ccc(-c2ccccc2)cc1. The molecular weight excluding hydrogens is 294 g/mol. The van der Waals surface area contributed by atoms with Gasteiger partial charge in [0.2, 0.25) is 0 Å². The highest BCUT2D eigenvalue weighted by Crippen LogP contribution is 2.19. The summed E-state index contributed by atoms with van der Waals surface area (Å²) in [4.78, 5) is 12.3. The van der Waals surface area contributed by atoms with Crippen molar-refractivity contribution in [2.45, 2.75) is 12.5 Å². The monoisotopic (exact) mass is 315 g/mol. The minimum absolute atomic E-state index is 0.00120. The van der Waals surface area contributed by atoms with Gasteiger partial charge in [-0.25, -0.2) is 0 Å². The number of nitrogens with one attached hydrogen (secondary N) is 1. The molecule has 2 aromatic carbocycles. The Bertz CT molecular complexity index is 578. The van der Waals surface area contributed by atoms with Crippen LogP contribution in [0.1, 0.15) is 16.8 Å². The third-order valence-electron chi connectivity index (χ3n) is 3.43. The van der Waals surface area contributed by atoms with Gasteiger partial charge in [-0.3, -0.25) is 4.79 Å². The number of amides is 1. The lowest BCUT2D eigenvalue weighted by atomic mass is 10.0. The lowest BCUT2D eigenvalue weighted by molar-refractivity contribution is 0.0935. The van der Waals surface area contributed by atoms with Gasteiger partial charge in [0.15, 0.2) is 0 Å². The molecule has 0 aliphatic carbocycles. The molecule has 1 atom stereocenters. The first-order chi connectivity index (χ1) is 10.7. The largest absolute Gasteiger partial charge is 0.396 e. The Labute approximate surface area is 135 Å². The summed E-state index contributed by atoms with van der Waals surface area (Å²) in [6.45, 7) is 0.0818. The van der Waals surface area contributed by atoms with E-state index >= 15 is 0 Å². The fourth-order valence-corrected chi connectivity index (χ4v) is 2.92.